The van der Waals surface area contributed by atoms with E-state index < -0.39 is 0 Å². The van der Waals surface area contributed by atoms with Crippen LogP contribution in [0.25, 0.3) is 0 Å². The Morgan fingerprint density at radius 2 is 1.27 bits per heavy atom. The maximum Gasteiger partial charge on any atom is 0.0892 e. The molecule has 1 aromatic rings. The monoisotopic (exact) mass is 356 g/mol. The van der Waals surface area contributed by atoms with Crippen LogP contribution in [0.5, 0.6) is 0 Å². The number of hydrogen-bond acceptors (Lipinski definition) is 2. The second kappa shape index (κ2) is 17.0. The van der Waals surface area contributed by atoms with E-state index in [-0.39, 0.29) is 0 Å². The highest BCUT2D eigenvalue weighted by Gasteiger charge is 2.02. The molecule has 2 nitrogen and oxygen atoms in total. The molecular weight excluding hydrogens is 316 g/mol. The van der Waals surface area contributed by atoms with Crippen molar-refractivity contribution in [3.63, 3.8) is 0 Å². The van der Waals surface area contributed by atoms with Gasteiger partial charge in [-0.05, 0) is 12.0 Å². The quantitative estimate of drug-likeness (QED) is 0.214. The third-order valence-electron chi connectivity index (χ3n) is 5.00. The summed E-state index contributed by atoms with van der Waals surface area (Å²) in [5.41, 5.74) is 1.33. The van der Waals surface area contributed by atoms with Crippen molar-refractivity contribution in [2.24, 2.45) is 9.98 Å². The Labute approximate surface area is 162 Å². The summed E-state index contributed by atoms with van der Waals surface area (Å²) < 4.78 is 0. The van der Waals surface area contributed by atoms with Gasteiger partial charge < -0.3 is 0 Å². The van der Waals surface area contributed by atoms with Gasteiger partial charge in [-0.3, -0.25) is 0 Å². The molecule has 0 saturated carbocycles. The molecule has 1 rings (SSSR count). The number of unbranched alkanes of at least 4 members (excludes halogenated alkanes) is 11. The van der Waals surface area contributed by atoms with Crippen LogP contribution in [0.4, 0.5) is 0 Å². The second-order valence-corrected chi connectivity index (χ2v) is 7.52. The zero-order chi connectivity index (χ0) is 18.7. The molecular formula is C24H40N2. The first-order valence-corrected chi connectivity index (χ1v) is 11.0. The fourth-order valence-corrected chi connectivity index (χ4v) is 3.20. The molecule has 1 unspecified atom stereocenters. The van der Waals surface area contributed by atoms with Crippen molar-refractivity contribution in [2.45, 2.75) is 96.8 Å². The molecule has 0 N–H and O–H groups in total. The molecule has 0 aliphatic rings. The molecule has 0 radical (unpaired) electrons. The van der Waals surface area contributed by atoms with Crippen LogP contribution in [-0.4, -0.2) is 19.1 Å². The molecule has 0 spiro atoms. The van der Waals surface area contributed by atoms with E-state index in [1.165, 1.54) is 82.6 Å². The average molecular weight is 357 g/mol. The molecule has 0 aliphatic carbocycles. The van der Waals surface area contributed by atoms with Gasteiger partial charge >= 0.3 is 0 Å². The van der Waals surface area contributed by atoms with E-state index >= 15 is 0 Å². The third-order valence-corrected chi connectivity index (χ3v) is 5.00. The summed E-state index contributed by atoms with van der Waals surface area (Å²) in [5.74, 6) is 0.436. The summed E-state index contributed by atoms with van der Waals surface area (Å²) in [4.78, 5) is 8.63. The van der Waals surface area contributed by atoms with Gasteiger partial charge in [-0.1, -0.05) is 115 Å². The van der Waals surface area contributed by atoms with E-state index in [2.05, 4.69) is 60.2 Å². The molecule has 26 heavy (non-hydrogen) atoms. The lowest BCUT2D eigenvalue weighted by molar-refractivity contribution is 0.545. The highest BCUT2D eigenvalue weighted by molar-refractivity contribution is 5.41. The van der Waals surface area contributed by atoms with Crippen molar-refractivity contribution in [3.05, 3.63) is 35.9 Å². The van der Waals surface area contributed by atoms with Crippen molar-refractivity contribution in [2.75, 3.05) is 13.1 Å². The Kier molecular flexibility index (Phi) is 14.8. The van der Waals surface area contributed by atoms with Gasteiger partial charge in [0.15, 0.2) is 0 Å². The molecule has 0 heterocycles. The number of nitrogens with zero attached hydrogens (tertiary/aromatic N) is 2. The Morgan fingerprint density at radius 3 is 1.85 bits per heavy atom. The summed E-state index contributed by atoms with van der Waals surface area (Å²) >= 11 is 0. The normalized spacial score (nSPS) is 11.8. The van der Waals surface area contributed by atoms with Crippen LogP contribution in [0.3, 0.4) is 0 Å². The third kappa shape index (κ3) is 12.9. The maximum absolute atomic E-state index is 4.33. The summed E-state index contributed by atoms with van der Waals surface area (Å²) in [6.45, 7) is 6.13. The minimum absolute atomic E-state index is 0.436. The van der Waals surface area contributed by atoms with Crippen LogP contribution in [0, 0.1) is 0 Å². The smallest absolute Gasteiger partial charge is 0.0892 e. The fourth-order valence-electron chi connectivity index (χ4n) is 3.20. The zero-order valence-corrected chi connectivity index (χ0v) is 17.3. The van der Waals surface area contributed by atoms with Crippen LogP contribution in [0.15, 0.2) is 40.3 Å². The number of hydrogen-bond donors (Lipinski definition) is 0. The molecule has 1 atom stereocenters. The van der Waals surface area contributed by atoms with E-state index in [4.69, 9.17) is 0 Å². The standard InChI is InChI=1S/C24H40N2/c1-3-4-5-6-7-8-9-10-11-12-13-17-20-25-22-26-21-23(2)24-18-15-14-16-19-24/h14-16,18-19,23H,3-13,17,20-21H2,1-2H3. The van der Waals surface area contributed by atoms with Gasteiger partial charge in [-0.15, -0.1) is 0 Å². The predicted octanol–water partition coefficient (Wildman–Crippen LogP) is 7.67. The van der Waals surface area contributed by atoms with E-state index in [0.29, 0.717) is 5.92 Å². The average Bonchev–Trinajstić information content (AvgIpc) is 2.68. The van der Waals surface area contributed by atoms with Gasteiger partial charge in [0, 0.05) is 12.5 Å². The van der Waals surface area contributed by atoms with Gasteiger partial charge in [0.1, 0.15) is 0 Å². The van der Waals surface area contributed by atoms with Crippen molar-refractivity contribution >= 4 is 6.01 Å². The number of rotatable bonds is 16. The second-order valence-electron chi connectivity index (χ2n) is 7.52. The van der Waals surface area contributed by atoms with Gasteiger partial charge in [-0.2, -0.15) is 0 Å². The highest BCUT2D eigenvalue weighted by Crippen LogP contribution is 2.14. The largest absolute Gasteiger partial charge is 0.226 e. The molecule has 0 aliphatic heterocycles. The Morgan fingerprint density at radius 1 is 0.731 bits per heavy atom. The summed E-state index contributed by atoms with van der Waals surface area (Å²) in [6.07, 6.45) is 16.6. The molecule has 0 fully saturated rings. The maximum atomic E-state index is 4.33. The van der Waals surface area contributed by atoms with Crippen molar-refractivity contribution in [1.82, 2.24) is 0 Å². The summed E-state index contributed by atoms with van der Waals surface area (Å²) in [5, 5.41) is 0. The highest BCUT2D eigenvalue weighted by atomic mass is 14.8. The van der Waals surface area contributed by atoms with E-state index in [0.717, 1.165) is 13.1 Å². The zero-order valence-electron chi connectivity index (χ0n) is 17.3. The fraction of sp³-hybridized carbons (Fsp3) is 0.708. The Balaban J connectivity index is 1.88. The lowest BCUT2D eigenvalue weighted by Crippen LogP contribution is -1.96. The molecule has 146 valence electrons. The Bertz CT molecular complexity index is 474. The summed E-state index contributed by atoms with van der Waals surface area (Å²) in [6, 6.07) is 13.4. The number of benzene rings is 1. The van der Waals surface area contributed by atoms with Crippen molar-refractivity contribution in [1.29, 1.82) is 0 Å². The molecule has 0 amide bonds. The van der Waals surface area contributed by atoms with Crippen LogP contribution < -0.4 is 0 Å². The first kappa shape index (κ1) is 22.6. The van der Waals surface area contributed by atoms with E-state index in [1.807, 2.05) is 0 Å². The molecule has 0 bridgehead atoms. The molecule has 0 saturated heterocycles. The van der Waals surface area contributed by atoms with E-state index in [1.54, 1.807) is 0 Å². The van der Waals surface area contributed by atoms with E-state index in [9.17, 15) is 0 Å². The molecule has 0 aromatic heterocycles. The van der Waals surface area contributed by atoms with Crippen LogP contribution in [0.1, 0.15) is 102 Å². The van der Waals surface area contributed by atoms with Crippen LogP contribution in [0.2, 0.25) is 0 Å². The SMILES string of the molecule is CCCCCCCCCCCCCCN=C=NCC(C)c1ccccc1. The minimum Gasteiger partial charge on any atom is -0.226 e. The molecule has 2 heteroatoms. The van der Waals surface area contributed by atoms with Crippen LogP contribution >= 0.6 is 0 Å². The molecule has 1 aromatic carbocycles. The van der Waals surface area contributed by atoms with Gasteiger partial charge in [0.2, 0.25) is 0 Å². The first-order valence-electron chi connectivity index (χ1n) is 11.0. The lowest BCUT2D eigenvalue weighted by Gasteiger charge is -2.06. The minimum atomic E-state index is 0.436. The number of aliphatic imine (C=N–C) groups is 2. The van der Waals surface area contributed by atoms with Gasteiger partial charge in [0.25, 0.3) is 0 Å². The topological polar surface area (TPSA) is 24.7 Å². The van der Waals surface area contributed by atoms with Crippen molar-refractivity contribution < 1.29 is 0 Å². The Hall–Kier alpha value is -1.40. The summed E-state index contributed by atoms with van der Waals surface area (Å²) in [7, 11) is 0. The predicted molar refractivity (Wildman–Crippen MR) is 116 cm³/mol. The van der Waals surface area contributed by atoms with Gasteiger partial charge in [-0.25, -0.2) is 9.98 Å². The van der Waals surface area contributed by atoms with Gasteiger partial charge in [0.05, 0.1) is 12.6 Å². The van der Waals surface area contributed by atoms with Crippen molar-refractivity contribution in [3.8, 4) is 0 Å². The first-order chi connectivity index (χ1) is 12.8. The van der Waals surface area contributed by atoms with Crippen LogP contribution in [-0.2, 0) is 0 Å². The lowest BCUT2D eigenvalue weighted by atomic mass is 10.0.